The van der Waals surface area contributed by atoms with E-state index in [1.807, 2.05) is 30.5 Å². The molecule has 15 nitrogen and oxygen atoms in total. The first-order valence-electron chi connectivity index (χ1n) is 18.0. The topological polar surface area (TPSA) is 197 Å². The van der Waals surface area contributed by atoms with Gasteiger partial charge in [-0.05, 0) is 43.5 Å². The van der Waals surface area contributed by atoms with Crippen molar-refractivity contribution >= 4 is 63.7 Å². The molecule has 16 heteroatoms. The second kappa shape index (κ2) is 16.3. The highest BCUT2D eigenvalue weighted by molar-refractivity contribution is 6.33. The molecule has 0 saturated carbocycles. The SMILES string of the molecule is O=C(COc1cccc2c1C(=O)N(C1CCC(=O)NC1=O)C2=O)NCCCCCCCn1cc(Nc2ncc(Cl)c(-c3c[nH]c4ccccc34)n2)ccc1=O. The van der Waals surface area contributed by atoms with E-state index in [1.54, 1.807) is 23.0 Å². The Balaban J connectivity index is 0.825. The average Bonchev–Trinajstić information content (AvgIpc) is 3.72. The number of pyridine rings is 1. The van der Waals surface area contributed by atoms with E-state index in [1.165, 1.54) is 24.3 Å². The van der Waals surface area contributed by atoms with Crippen molar-refractivity contribution in [2.24, 2.45) is 0 Å². The Labute approximate surface area is 319 Å². The Bertz CT molecular complexity index is 2370. The number of hydrogen-bond donors (Lipinski definition) is 4. The molecule has 5 aromatic rings. The third-order valence-electron chi connectivity index (χ3n) is 9.51. The minimum atomic E-state index is -1.10. The first-order chi connectivity index (χ1) is 26.7. The molecule has 282 valence electrons. The molecule has 4 N–H and O–H groups in total. The molecule has 2 aromatic carbocycles. The number of aromatic nitrogens is 4. The molecule has 1 atom stereocenters. The fourth-order valence-electron chi connectivity index (χ4n) is 6.76. The zero-order valence-electron chi connectivity index (χ0n) is 29.6. The third-order valence-corrected chi connectivity index (χ3v) is 9.79. The number of aromatic amines is 1. The maximum atomic E-state index is 13.2. The number of halogens is 1. The van der Waals surface area contributed by atoms with Crippen molar-refractivity contribution in [2.75, 3.05) is 18.5 Å². The van der Waals surface area contributed by atoms with Crippen LogP contribution in [-0.4, -0.2) is 73.1 Å². The van der Waals surface area contributed by atoms with Crippen LogP contribution in [0.1, 0.15) is 65.7 Å². The number of nitrogens with one attached hydrogen (secondary N) is 4. The van der Waals surface area contributed by atoms with Gasteiger partial charge in [-0.2, -0.15) is 0 Å². The number of anilines is 2. The fourth-order valence-corrected chi connectivity index (χ4v) is 6.95. The standard InChI is InChI=1S/C39H37ClN8O7/c40-27-20-43-39(46-35(27)26-19-42-28-11-5-4-9-24(26)28)44-23-13-16-33(51)47(21-23)18-7-3-1-2-6-17-41-32(50)22-55-30-12-8-10-25-34(30)38(54)48(37(25)53)29-14-15-31(49)45-36(29)52/h4-5,8-13,16,19-21,29,42H,1-3,6-7,14-15,17-18,22H2,(H,41,50)(H,43,44,46)(H,45,49,52). The van der Waals surface area contributed by atoms with Crippen LogP contribution in [0.2, 0.25) is 5.02 Å². The van der Waals surface area contributed by atoms with Gasteiger partial charge in [0.15, 0.2) is 6.61 Å². The Morgan fingerprint density at radius 2 is 1.75 bits per heavy atom. The predicted molar refractivity (Wildman–Crippen MR) is 203 cm³/mol. The van der Waals surface area contributed by atoms with Crippen LogP contribution in [0.25, 0.3) is 22.2 Å². The van der Waals surface area contributed by atoms with Gasteiger partial charge in [0.05, 0.1) is 33.7 Å². The first kappa shape index (κ1) is 37.0. The lowest BCUT2D eigenvalue weighted by Gasteiger charge is -2.27. The van der Waals surface area contributed by atoms with Crippen LogP contribution in [0.4, 0.5) is 11.6 Å². The normalized spacial score (nSPS) is 15.3. The van der Waals surface area contributed by atoms with Crippen molar-refractivity contribution in [2.45, 2.75) is 57.5 Å². The van der Waals surface area contributed by atoms with E-state index in [0.717, 1.165) is 53.5 Å². The van der Waals surface area contributed by atoms with E-state index in [-0.39, 0.29) is 47.8 Å². The summed E-state index contributed by atoms with van der Waals surface area (Å²) < 4.78 is 7.29. The van der Waals surface area contributed by atoms with E-state index in [4.69, 9.17) is 16.3 Å². The minimum absolute atomic E-state index is 0.0122. The number of ether oxygens (including phenoxy) is 1. The molecule has 0 spiro atoms. The first-order valence-corrected chi connectivity index (χ1v) is 18.4. The number of aryl methyl sites for hydroxylation is 1. The van der Waals surface area contributed by atoms with Gasteiger partial charge in [0.1, 0.15) is 11.8 Å². The molecule has 0 aliphatic carbocycles. The highest BCUT2D eigenvalue weighted by Gasteiger charge is 2.46. The minimum Gasteiger partial charge on any atom is -0.483 e. The molecule has 7 rings (SSSR count). The molecule has 0 radical (unpaired) electrons. The van der Waals surface area contributed by atoms with Crippen molar-refractivity contribution in [3.63, 3.8) is 0 Å². The Morgan fingerprint density at radius 1 is 0.927 bits per heavy atom. The van der Waals surface area contributed by atoms with Gasteiger partial charge in [0.25, 0.3) is 23.3 Å². The maximum Gasteiger partial charge on any atom is 0.266 e. The highest BCUT2D eigenvalue weighted by atomic mass is 35.5. The van der Waals surface area contributed by atoms with Crippen molar-refractivity contribution in [1.29, 1.82) is 0 Å². The van der Waals surface area contributed by atoms with Crippen LogP contribution in [0.15, 0.2) is 78.0 Å². The molecule has 1 saturated heterocycles. The summed E-state index contributed by atoms with van der Waals surface area (Å²) in [6, 6.07) is 14.5. The highest BCUT2D eigenvalue weighted by Crippen LogP contribution is 2.34. The number of imide groups is 2. The van der Waals surface area contributed by atoms with E-state index in [0.29, 0.717) is 35.4 Å². The molecule has 55 heavy (non-hydrogen) atoms. The number of H-pyrrole nitrogens is 1. The zero-order chi connectivity index (χ0) is 38.5. The van der Waals surface area contributed by atoms with Gasteiger partial charge in [-0.1, -0.05) is 55.1 Å². The Hall–Kier alpha value is -6.35. The summed E-state index contributed by atoms with van der Waals surface area (Å²) in [4.78, 5) is 88.3. The summed E-state index contributed by atoms with van der Waals surface area (Å²) in [5, 5.41) is 9.56. The Morgan fingerprint density at radius 3 is 2.60 bits per heavy atom. The van der Waals surface area contributed by atoms with Crippen LogP contribution in [0, 0.1) is 0 Å². The van der Waals surface area contributed by atoms with Gasteiger partial charge in [-0.25, -0.2) is 9.97 Å². The van der Waals surface area contributed by atoms with E-state index >= 15 is 0 Å². The lowest BCUT2D eigenvalue weighted by molar-refractivity contribution is -0.136. The van der Waals surface area contributed by atoms with Gasteiger partial charge in [-0.3, -0.25) is 39.0 Å². The number of piperidine rings is 1. The summed E-state index contributed by atoms with van der Waals surface area (Å²) >= 11 is 6.48. The van der Waals surface area contributed by atoms with Gasteiger partial charge in [0.2, 0.25) is 17.8 Å². The summed E-state index contributed by atoms with van der Waals surface area (Å²) in [5.74, 6) is -2.49. The van der Waals surface area contributed by atoms with Gasteiger partial charge in [-0.15, -0.1) is 0 Å². The molecular formula is C39H37ClN8O7. The van der Waals surface area contributed by atoms with Crippen LogP contribution in [0.5, 0.6) is 5.75 Å². The summed E-state index contributed by atoms with van der Waals surface area (Å²) in [7, 11) is 0. The third kappa shape index (κ3) is 8.11. The van der Waals surface area contributed by atoms with E-state index in [9.17, 15) is 28.8 Å². The lowest BCUT2D eigenvalue weighted by Crippen LogP contribution is -2.54. The van der Waals surface area contributed by atoms with Gasteiger partial charge in [0, 0.05) is 54.4 Å². The molecule has 2 aliphatic rings. The van der Waals surface area contributed by atoms with E-state index in [2.05, 4.69) is 30.9 Å². The molecule has 3 aromatic heterocycles. The molecule has 5 amide bonds. The fraction of sp³-hybridized carbons (Fsp3) is 0.282. The zero-order valence-corrected chi connectivity index (χ0v) is 30.4. The number of hydrogen-bond acceptors (Lipinski definition) is 10. The van der Waals surface area contributed by atoms with Gasteiger partial charge < -0.3 is 24.9 Å². The number of nitrogens with zero attached hydrogens (tertiary/aromatic N) is 4. The second-order valence-electron chi connectivity index (χ2n) is 13.2. The number of rotatable bonds is 15. The Kier molecular flexibility index (Phi) is 11.0. The van der Waals surface area contributed by atoms with Crippen LogP contribution >= 0.6 is 11.6 Å². The quantitative estimate of drug-likeness (QED) is 0.0854. The molecular weight excluding hydrogens is 728 g/mol. The number of unbranched alkanes of at least 4 members (excludes halogenated alkanes) is 4. The number of amides is 5. The van der Waals surface area contributed by atoms with Crippen molar-refractivity contribution in [1.82, 2.24) is 35.1 Å². The smallest absolute Gasteiger partial charge is 0.266 e. The van der Waals surface area contributed by atoms with Crippen LogP contribution in [0.3, 0.4) is 0 Å². The summed E-state index contributed by atoms with van der Waals surface area (Å²) in [6.07, 6.45) is 9.39. The molecule has 1 unspecified atom stereocenters. The largest absolute Gasteiger partial charge is 0.483 e. The van der Waals surface area contributed by atoms with Crippen molar-refractivity contribution in [3.8, 4) is 17.0 Å². The van der Waals surface area contributed by atoms with Crippen molar-refractivity contribution < 1.29 is 28.7 Å². The second-order valence-corrected chi connectivity index (χ2v) is 13.7. The van der Waals surface area contributed by atoms with E-state index < -0.39 is 29.7 Å². The number of benzene rings is 2. The monoisotopic (exact) mass is 764 g/mol. The predicted octanol–water partition coefficient (Wildman–Crippen LogP) is 4.73. The lowest BCUT2D eigenvalue weighted by atomic mass is 10.0. The summed E-state index contributed by atoms with van der Waals surface area (Å²) in [6.45, 7) is 0.596. The maximum absolute atomic E-state index is 13.2. The molecule has 1 fully saturated rings. The van der Waals surface area contributed by atoms with Gasteiger partial charge >= 0.3 is 0 Å². The van der Waals surface area contributed by atoms with Crippen molar-refractivity contribution in [3.05, 3.63) is 99.7 Å². The van der Waals surface area contributed by atoms with Crippen LogP contribution < -0.4 is 26.2 Å². The number of carbonyl (C=O) groups is 5. The average molecular weight is 765 g/mol. The molecule has 5 heterocycles. The molecule has 0 bridgehead atoms. The summed E-state index contributed by atoms with van der Waals surface area (Å²) in [5.41, 5.74) is 3.03. The number of carbonyl (C=O) groups excluding carboxylic acids is 5. The number of fused-ring (bicyclic) bond motifs is 2. The van der Waals surface area contributed by atoms with Crippen LogP contribution in [-0.2, 0) is 20.9 Å². The number of para-hydroxylation sites is 1. The molecule has 2 aliphatic heterocycles.